The maximum atomic E-state index is 12.3. The van der Waals surface area contributed by atoms with E-state index >= 15 is 0 Å². The maximum Gasteiger partial charge on any atom is 0.278 e. The third-order valence-electron chi connectivity index (χ3n) is 3.59. The summed E-state index contributed by atoms with van der Waals surface area (Å²) in [4.78, 5) is 41.2. The highest BCUT2D eigenvalue weighted by Crippen LogP contribution is 2.10. The van der Waals surface area contributed by atoms with Crippen molar-refractivity contribution in [2.24, 2.45) is 0 Å². The molecule has 25 heavy (non-hydrogen) atoms. The molecular weight excluding hydrogens is 318 g/mol. The summed E-state index contributed by atoms with van der Waals surface area (Å²) in [5.41, 5.74) is 2.61. The highest BCUT2D eigenvalue weighted by Gasteiger charge is 2.16. The van der Waals surface area contributed by atoms with Gasteiger partial charge in [0.05, 0.1) is 34.5 Å². The fraction of sp³-hybridized carbons (Fsp3) is 0. The van der Waals surface area contributed by atoms with Crippen LogP contribution in [0.15, 0.2) is 60.9 Å². The Hall–Kier alpha value is -3.74. The van der Waals surface area contributed by atoms with Gasteiger partial charge in [-0.25, -0.2) is 9.97 Å². The molecule has 2 heterocycles. The predicted molar refractivity (Wildman–Crippen MR) is 90.9 cm³/mol. The van der Waals surface area contributed by atoms with Gasteiger partial charge in [-0.1, -0.05) is 24.3 Å². The lowest BCUT2D eigenvalue weighted by Gasteiger charge is -2.04. The summed E-state index contributed by atoms with van der Waals surface area (Å²) in [5.74, 6) is -1.28. The first kappa shape index (κ1) is 14.8. The molecule has 4 aromatic rings. The van der Waals surface area contributed by atoms with E-state index in [0.29, 0.717) is 22.1 Å². The fourth-order valence-corrected chi connectivity index (χ4v) is 2.36. The SMILES string of the molecule is O=C(NC(=O)c1cnc2ccccc2n1)c1cnc2ccccc2n1. The average Bonchev–Trinajstić information content (AvgIpc) is 2.67. The van der Waals surface area contributed by atoms with E-state index in [-0.39, 0.29) is 11.4 Å². The lowest BCUT2D eigenvalue weighted by atomic mass is 10.3. The fourth-order valence-electron chi connectivity index (χ4n) is 2.36. The molecule has 0 spiro atoms. The first-order chi connectivity index (χ1) is 12.2. The number of nitrogens with one attached hydrogen (secondary N) is 1. The van der Waals surface area contributed by atoms with E-state index < -0.39 is 11.8 Å². The largest absolute Gasteiger partial charge is 0.285 e. The third-order valence-corrected chi connectivity index (χ3v) is 3.59. The zero-order chi connectivity index (χ0) is 17.2. The van der Waals surface area contributed by atoms with Crippen molar-refractivity contribution in [3.8, 4) is 0 Å². The minimum absolute atomic E-state index is 0.0563. The smallest absolute Gasteiger partial charge is 0.278 e. The number of rotatable bonds is 2. The number of carbonyl (C=O) groups is 2. The Labute approximate surface area is 141 Å². The number of imide groups is 1. The van der Waals surface area contributed by atoms with Gasteiger partial charge in [-0.3, -0.25) is 24.9 Å². The van der Waals surface area contributed by atoms with Crippen molar-refractivity contribution in [1.29, 1.82) is 0 Å². The van der Waals surface area contributed by atoms with Gasteiger partial charge in [0.25, 0.3) is 11.8 Å². The van der Waals surface area contributed by atoms with Gasteiger partial charge < -0.3 is 0 Å². The van der Waals surface area contributed by atoms with Crippen LogP contribution in [0.4, 0.5) is 0 Å². The van der Waals surface area contributed by atoms with Gasteiger partial charge >= 0.3 is 0 Å². The Bertz CT molecular complexity index is 1040. The summed E-state index contributed by atoms with van der Waals surface area (Å²) in [6, 6.07) is 14.3. The van der Waals surface area contributed by atoms with Gasteiger partial charge in [-0.2, -0.15) is 0 Å². The van der Waals surface area contributed by atoms with Crippen molar-refractivity contribution >= 4 is 33.9 Å². The number of benzene rings is 2. The number of para-hydroxylation sites is 4. The molecule has 7 heteroatoms. The molecule has 2 aromatic carbocycles. The lowest BCUT2D eigenvalue weighted by Crippen LogP contribution is -2.32. The number of nitrogens with zero attached hydrogens (tertiary/aromatic N) is 4. The molecule has 7 nitrogen and oxygen atoms in total. The maximum absolute atomic E-state index is 12.3. The number of fused-ring (bicyclic) bond motifs is 2. The molecule has 0 aliphatic carbocycles. The minimum atomic E-state index is -0.641. The van der Waals surface area contributed by atoms with Crippen LogP contribution in [0.5, 0.6) is 0 Å². The zero-order valence-electron chi connectivity index (χ0n) is 12.9. The van der Waals surface area contributed by atoms with E-state index in [0.717, 1.165) is 0 Å². The van der Waals surface area contributed by atoms with Gasteiger partial charge in [0.15, 0.2) is 0 Å². The Morgan fingerprint density at radius 3 is 1.48 bits per heavy atom. The molecular formula is C18H11N5O2. The van der Waals surface area contributed by atoms with E-state index in [1.807, 2.05) is 12.1 Å². The van der Waals surface area contributed by atoms with E-state index in [4.69, 9.17) is 0 Å². The Morgan fingerprint density at radius 1 is 0.640 bits per heavy atom. The highest BCUT2D eigenvalue weighted by molar-refractivity contribution is 6.09. The summed E-state index contributed by atoms with van der Waals surface area (Å²) in [6.07, 6.45) is 2.66. The molecule has 2 amide bonds. The minimum Gasteiger partial charge on any atom is -0.285 e. The van der Waals surface area contributed by atoms with Gasteiger partial charge in [0.2, 0.25) is 0 Å². The molecule has 1 N–H and O–H groups in total. The molecule has 120 valence electrons. The Balaban J connectivity index is 1.58. The second-order valence-corrected chi connectivity index (χ2v) is 5.27. The van der Waals surface area contributed by atoms with Crippen LogP contribution in [0.25, 0.3) is 22.1 Å². The monoisotopic (exact) mass is 329 g/mol. The second-order valence-electron chi connectivity index (χ2n) is 5.27. The van der Waals surface area contributed by atoms with Crippen LogP contribution in [0.2, 0.25) is 0 Å². The van der Waals surface area contributed by atoms with E-state index in [1.54, 1.807) is 36.4 Å². The van der Waals surface area contributed by atoms with Gasteiger partial charge in [0, 0.05) is 0 Å². The molecule has 2 aromatic heterocycles. The van der Waals surface area contributed by atoms with Crippen LogP contribution in [0.1, 0.15) is 21.0 Å². The van der Waals surface area contributed by atoms with Crippen LogP contribution >= 0.6 is 0 Å². The van der Waals surface area contributed by atoms with Crippen LogP contribution in [-0.4, -0.2) is 31.8 Å². The highest BCUT2D eigenvalue weighted by atomic mass is 16.2. The van der Waals surface area contributed by atoms with Crippen LogP contribution in [0.3, 0.4) is 0 Å². The molecule has 0 atom stereocenters. The average molecular weight is 329 g/mol. The lowest BCUT2D eigenvalue weighted by molar-refractivity contribution is 0.0843. The molecule has 0 aliphatic heterocycles. The van der Waals surface area contributed by atoms with Gasteiger partial charge in [-0.15, -0.1) is 0 Å². The first-order valence-electron chi connectivity index (χ1n) is 7.50. The van der Waals surface area contributed by atoms with Crippen molar-refractivity contribution < 1.29 is 9.59 Å². The molecule has 4 rings (SSSR count). The van der Waals surface area contributed by atoms with Crippen LogP contribution in [0, 0.1) is 0 Å². The summed E-state index contributed by atoms with van der Waals surface area (Å²) in [7, 11) is 0. The summed E-state index contributed by atoms with van der Waals surface area (Å²) in [5, 5.41) is 2.26. The van der Waals surface area contributed by atoms with Crippen molar-refractivity contribution in [2.75, 3.05) is 0 Å². The van der Waals surface area contributed by atoms with E-state index in [1.165, 1.54) is 12.4 Å². The third kappa shape index (κ3) is 2.90. The van der Waals surface area contributed by atoms with Crippen molar-refractivity contribution in [3.05, 3.63) is 72.3 Å². The molecule has 0 fully saturated rings. The van der Waals surface area contributed by atoms with Gasteiger partial charge in [-0.05, 0) is 24.3 Å². The molecule has 0 aliphatic rings. The topological polar surface area (TPSA) is 97.7 Å². The first-order valence-corrected chi connectivity index (χ1v) is 7.50. The van der Waals surface area contributed by atoms with Crippen molar-refractivity contribution in [1.82, 2.24) is 25.3 Å². The second kappa shape index (κ2) is 6.04. The predicted octanol–water partition coefficient (Wildman–Crippen LogP) is 2.14. The molecule has 0 saturated carbocycles. The standard InChI is InChI=1S/C18H11N5O2/c24-17(15-9-19-11-5-1-3-7-13(11)21-15)23-18(25)16-10-20-12-6-2-4-8-14(12)22-16/h1-10H,(H,23,24,25). The van der Waals surface area contributed by atoms with E-state index in [9.17, 15) is 9.59 Å². The Morgan fingerprint density at radius 2 is 1.04 bits per heavy atom. The van der Waals surface area contributed by atoms with Gasteiger partial charge in [0.1, 0.15) is 11.4 Å². The molecule has 0 bridgehead atoms. The number of amides is 2. The molecule has 0 unspecified atom stereocenters. The summed E-state index contributed by atoms with van der Waals surface area (Å²) < 4.78 is 0. The van der Waals surface area contributed by atoms with Crippen LogP contribution < -0.4 is 5.32 Å². The van der Waals surface area contributed by atoms with Crippen molar-refractivity contribution in [3.63, 3.8) is 0 Å². The number of hydrogen-bond donors (Lipinski definition) is 1. The molecule has 0 radical (unpaired) electrons. The molecule has 0 saturated heterocycles. The zero-order valence-corrected chi connectivity index (χ0v) is 12.9. The summed E-state index contributed by atoms with van der Waals surface area (Å²) >= 11 is 0. The number of hydrogen-bond acceptors (Lipinski definition) is 6. The van der Waals surface area contributed by atoms with E-state index in [2.05, 4.69) is 25.3 Å². The normalized spacial score (nSPS) is 10.7. The Kier molecular flexibility index (Phi) is 3.59. The summed E-state index contributed by atoms with van der Waals surface area (Å²) in [6.45, 7) is 0. The van der Waals surface area contributed by atoms with Crippen LogP contribution in [-0.2, 0) is 0 Å². The quantitative estimate of drug-likeness (QED) is 0.566. The number of carbonyl (C=O) groups excluding carboxylic acids is 2. The number of aromatic nitrogens is 4. The van der Waals surface area contributed by atoms with Crippen molar-refractivity contribution in [2.45, 2.75) is 0 Å².